The maximum atomic E-state index is 10.6. The fourth-order valence-corrected chi connectivity index (χ4v) is 2.95. The fraction of sp³-hybridized carbons (Fsp3) is 0.667. The van der Waals surface area contributed by atoms with Crippen molar-refractivity contribution < 1.29 is 41.5 Å². The molecular formula is C6H10O9Sb. The summed E-state index contributed by atoms with van der Waals surface area (Å²) in [4.78, 5) is 20.9. The van der Waals surface area contributed by atoms with Crippen molar-refractivity contribution in [3.8, 4) is 0 Å². The summed E-state index contributed by atoms with van der Waals surface area (Å²) in [7, 11) is 0. The summed E-state index contributed by atoms with van der Waals surface area (Å²) < 4.78 is 9.58. The molecule has 93 valence electrons. The molecule has 0 amide bonds. The van der Waals surface area contributed by atoms with Crippen molar-refractivity contribution in [3.63, 3.8) is 0 Å². The van der Waals surface area contributed by atoms with Crippen LogP contribution in [0.25, 0.3) is 0 Å². The van der Waals surface area contributed by atoms with E-state index in [0.717, 1.165) is 0 Å². The minimum atomic E-state index is -2.09. The summed E-state index contributed by atoms with van der Waals surface area (Å²) in [6.07, 6.45) is -6.65. The topological polar surface area (TPSA) is 165 Å². The molecule has 0 aliphatic carbocycles. The van der Waals surface area contributed by atoms with E-state index in [2.05, 4.69) is 0 Å². The Labute approximate surface area is 101 Å². The van der Waals surface area contributed by atoms with E-state index in [4.69, 9.17) is 21.4 Å². The van der Waals surface area contributed by atoms with Gasteiger partial charge in [-0.05, 0) is 0 Å². The normalized spacial score (nSPS) is 27.9. The predicted molar refractivity (Wildman–Crippen MR) is 46.4 cm³/mol. The number of carboxylic acids is 2. The number of carboxylic acid groups (broad SMARTS) is 2. The van der Waals surface area contributed by atoms with Crippen LogP contribution in [0.1, 0.15) is 0 Å². The van der Waals surface area contributed by atoms with Gasteiger partial charge in [-0.3, -0.25) is 0 Å². The molecule has 1 heterocycles. The van der Waals surface area contributed by atoms with Crippen molar-refractivity contribution in [2.45, 2.75) is 24.4 Å². The van der Waals surface area contributed by atoms with Gasteiger partial charge in [-0.2, -0.15) is 0 Å². The quantitative estimate of drug-likeness (QED) is 0.378. The van der Waals surface area contributed by atoms with Gasteiger partial charge in [0.05, 0.1) is 0 Å². The molecule has 1 rings (SSSR count). The third kappa shape index (κ3) is 3.27. The second-order valence-electron chi connectivity index (χ2n) is 2.78. The van der Waals surface area contributed by atoms with Crippen LogP contribution >= 0.6 is 0 Å². The van der Waals surface area contributed by atoms with Crippen molar-refractivity contribution in [1.82, 2.24) is 0 Å². The number of rotatable bonds is 4. The molecule has 6 N–H and O–H groups in total. The Hall–Kier alpha value is -0.442. The van der Waals surface area contributed by atoms with Crippen LogP contribution in [-0.4, -0.2) is 84.7 Å². The first-order valence-corrected chi connectivity index (χ1v) is 5.87. The zero-order valence-electron chi connectivity index (χ0n) is 7.68. The first-order chi connectivity index (χ1) is 6.95. The summed E-state index contributed by atoms with van der Waals surface area (Å²) >= 11 is -1.63. The monoisotopic (exact) mass is 347 g/mol. The molecule has 1 aliphatic rings. The first-order valence-electron chi connectivity index (χ1n) is 3.79. The van der Waals surface area contributed by atoms with Crippen molar-refractivity contribution in [2.75, 3.05) is 0 Å². The van der Waals surface area contributed by atoms with Gasteiger partial charge >= 0.3 is 94.9 Å². The van der Waals surface area contributed by atoms with Gasteiger partial charge in [0.2, 0.25) is 0 Å². The van der Waals surface area contributed by atoms with Crippen LogP contribution in [-0.2, 0) is 15.6 Å². The van der Waals surface area contributed by atoms with E-state index < -0.39 is 58.8 Å². The van der Waals surface area contributed by atoms with Gasteiger partial charge in [0.1, 0.15) is 0 Å². The van der Waals surface area contributed by atoms with Crippen LogP contribution in [0.4, 0.5) is 0 Å². The molecule has 1 saturated heterocycles. The summed E-state index contributed by atoms with van der Waals surface area (Å²) in [6, 6.07) is 0. The summed E-state index contributed by atoms with van der Waals surface area (Å²) in [5.74, 6) is -3.00. The van der Waals surface area contributed by atoms with E-state index in [9.17, 15) is 14.7 Å². The number of hydrogen-bond donors (Lipinski definition) is 4. The van der Waals surface area contributed by atoms with E-state index in [-0.39, 0.29) is 5.48 Å². The summed E-state index contributed by atoms with van der Waals surface area (Å²) in [5.41, 5.74) is 0. The van der Waals surface area contributed by atoms with Gasteiger partial charge in [-0.1, -0.05) is 0 Å². The molecular weight excluding hydrogens is 338 g/mol. The summed E-state index contributed by atoms with van der Waals surface area (Å²) in [6.45, 7) is 0. The Morgan fingerprint density at radius 3 is 2.19 bits per heavy atom. The Kier molecular flexibility index (Phi) is 6.16. The first kappa shape index (κ1) is 15.6. The molecule has 1 fully saturated rings. The van der Waals surface area contributed by atoms with Crippen molar-refractivity contribution in [3.05, 3.63) is 0 Å². The number of carbonyl (C=O) groups is 2. The number of aliphatic hydroxyl groups excluding tert-OH is 2. The predicted octanol–water partition coefficient (Wildman–Crippen LogP) is -3.63. The Morgan fingerprint density at radius 1 is 1.19 bits per heavy atom. The second kappa shape index (κ2) is 6.33. The molecule has 1 radical (unpaired) electrons. The second-order valence-corrected chi connectivity index (χ2v) is 4.41. The van der Waals surface area contributed by atoms with Crippen LogP contribution in [0.3, 0.4) is 0 Å². The Bertz CT molecular complexity index is 269. The average molecular weight is 348 g/mol. The summed E-state index contributed by atoms with van der Waals surface area (Å²) in [5, 5.41) is 35.4. The van der Waals surface area contributed by atoms with Gasteiger partial charge in [-0.25, -0.2) is 0 Å². The maximum absolute atomic E-state index is 10.6. The minimum absolute atomic E-state index is 0. The third-order valence-electron chi connectivity index (χ3n) is 1.78. The van der Waals surface area contributed by atoms with E-state index in [1.54, 1.807) is 0 Å². The van der Waals surface area contributed by atoms with E-state index in [1.807, 2.05) is 0 Å². The van der Waals surface area contributed by atoms with Crippen molar-refractivity contribution in [2.24, 2.45) is 0 Å². The Balaban J connectivity index is 0.00000225. The Morgan fingerprint density at radius 2 is 1.75 bits per heavy atom. The zero-order valence-corrected chi connectivity index (χ0v) is 10.2. The van der Waals surface area contributed by atoms with Gasteiger partial charge in [0.15, 0.2) is 0 Å². The fourth-order valence-electron chi connectivity index (χ4n) is 0.989. The molecule has 1 aliphatic heterocycles. The molecule has 0 saturated carbocycles. The number of aliphatic carboxylic acids is 2. The van der Waals surface area contributed by atoms with Gasteiger partial charge in [0, 0.05) is 0 Å². The van der Waals surface area contributed by atoms with Gasteiger partial charge < -0.3 is 5.48 Å². The van der Waals surface area contributed by atoms with Crippen LogP contribution in [0, 0.1) is 0 Å². The van der Waals surface area contributed by atoms with E-state index in [0.29, 0.717) is 0 Å². The zero-order chi connectivity index (χ0) is 11.6. The van der Waals surface area contributed by atoms with Crippen LogP contribution in [0.2, 0.25) is 0 Å². The van der Waals surface area contributed by atoms with Crippen molar-refractivity contribution in [1.29, 1.82) is 0 Å². The van der Waals surface area contributed by atoms with Gasteiger partial charge in [-0.15, -0.1) is 0 Å². The van der Waals surface area contributed by atoms with Crippen LogP contribution in [0.15, 0.2) is 0 Å². The molecule has 0 aromatic carbocycles. The van der Waals surface area contributed by atoms with Gasteiger partial charge in [0.25, 0.3) is 0 Å². The van der Waals surface area contributed by atoms with Crippen LogP contribution < -0.4 is 0 Å². The molecule has 0 bridgehead atoms. The molecule has 9 nitrogen and oxygen atoms in total. The molecule has 10 heteroatoms. The van der Waals surface area contributed by atoms with E-state index >= 15 is 0 Å². The average Bonchev–Trinajstić information content (AvgIpc) is 2.63. The third-order valence-corrected chi connectivity index (χ3v) is 3.61. The van der Waals surface area contributed by atoms with Crippen molar-refractivity contribution >= 4 is 34.4 Å². The van der Waals surface area contributed by atoms with Crippen LogP contribution in [0.5, 0.6) is 0 Å². The molecule has 4 atom stereocenters. The number of hydrogen-bond acceptors (Lipinski definition) is 6. The molecule has 0 aromatic rings. The molecule has 16 heavy (non-hydrogen) atoms. The standard InChI is InChI=1S/C6H8O8.H2O.Sb/c7-1(3(9)5(11)12)2(8)4(10)6(13)14;;/h1-4,7,9H,(H,11,12)(H,13,14);1H2;/q-2;;+2. The molecule has 0 aromatic heterocycles. The molecule has 0 spiro atoms. The van der Waals surface area contributed by atoms with E-state index in [1.165, 1.54) is 0 Å². The number of aliphatic hydroxyl groups is 2. The molecule has 4 unspecified atom stereocenters. The SMILES string of the molecule is O.O=C(O)C(O)C(O)C1[O][Sb][O]C1C(=O)O.